The molecule has 7 nitrogen and oxygen atoms in total. The van der Waals surface area contributed by atoms with Crippen molar-refractivity contribution in [3.05, 3.63) is 72.4 Å². The van der Waals surface area contributed by atoms with Crippen LogP contribution in [0.3, 0.4) is 0 Å². The summed E-state index contributed by atoms with van der Waals surface area (Å²) in [6.45, 7) is 10.5. The molecule has 1 saturated carbocycles. The Bertz CT molecular complexity index is 1140. The largest absolute Gasteiger partial charge is 0.457 e. The lowest BCUT2D eigenvalue weighted by Gasteiger charge is -2.52. The highest BCUT2D eigenvalue weighted by atomic mass is 16.5. The van der Waals surface area contributed by atoms with Crippen molar-refractivity contribution < 1.29 is 29.3 Å². The number of amides is 1. The van der Waals surface area contributed by atoms with Crippen molar-refractivity contribution >= 4 is 17.7 Å². The van der Waals surface area contributed by atoms with E-state index in [0.717, 1.165) is 5.56 Å². The van der Waals surface area contributed by atoms with E-state index in [2.05, 4.69) is 11.9 Å². The van der Waals surface area contributed by atoms with Crippen molar-refractivity contribution in [2.75, 3.05) is 0 Å². The predicted molar refractivity (Wildman–Crippen MR) is 139 cm³/mol. The molecule has 0 radical (unpaired) electrons. The normalized spacial score (nSPS) is 41.6. The number of hydrogen-bond acceptors (Lipinski definition) is 6. The van der Waals surface area contributed by atoms with Crippen molar-refractivity contribution in [2.24, 2.45) is 29.1 Å². The molecule has 0 bridgehead atoms. The fourth-order valence-corrected chi connectivity index (χ4v) is 6.68. The lowest BCUT2D eigenvalue weighted by molar-refractivity contribution is -0.166. The topological polar surface area (TPSA) is 113 Å². The van der Waals surface area contributed by atoms with Crippen LogP contribution in [0.5, 0.6) is 0 Å². The van der Waals surface area contributed by atoms with Gasteiger partial charge in [-0.1, -0.05) is 62.9 Å². The van der Waals surface area contributed by atoms with Crippen LogP contribution in [0.1, 0.15) is 39.7 Å². The average Bonchev–Trinajstić information content (AvgIpc) is 3.13. The maximum absolute atomic E-state index is 14.2. The lowest BCUT2D eigenvalue weighted by atomic mass is 9.51. The molecule has 9 atom stereocenters. The number of esters is 1. The Kier molecular flexibility index (Phi) is 7.32. The summed E-state index contributed by atoms with van der Waals surface area (Å²) in [7, 11) is 0. The predicted octanol–water partition coefficient (Wildman–Crippen LogP) is 2.92. The van der Waals surface area contributed by atoms with E-state index in [9.17, 15) is 24.6 Å². The zero-order valence-corrected chi connectivity index (χ0v) is 21.9. The average molecular weight is 508 g/mol. The van der Waals surface area contributed by atoms with Crippen LogP contribution in [0.25, 0.3) is 0 Å². The molecule has 7 heteroatoms. The van der Waals surface area contributed by atoms with Crippen LogP contribution < -0.4 is 5.32 Å². The number of rotatable bonds is 3. The van der Waals surface area contributed by atoms with Gasteiger partial charge in [-0.05, 0) is 49.0 Å². The Hall–Kier alpha value is -3.03. The summed E-state index contributed by atoms with van der Waals surface area (Å²) in [5.41, 5.74) is -1.55. The molecule has 0 unspecified atom stereocenters. The molecule has 198 valence electrons. The Morgan fingerprint density at radius 1 is 1.19 bits per heavy atom. The summed E-state index contributed by atoms with van der Waals surface area (Å²) in [6.07, 6.45) is 5.01. The van der Waals surface area contributed by atoms with Gasteiger partial charge in [-0.15, -0.1) is 0 Å². The molecule has 2 fully saturated rings. The van der Waals surface area contributed by atoms with Gasteiger partial charge in [0.2, 0.25) is 5.91 Å². The van der Waals surface area contributed by atoms with Crippen LogP contribution >= 0.6 is 0 Å². The molecular weight excluding hydrogens is 470 g/mol. The number of aliphatic hydroxyl groups is 2. The summed E-state index contributed by atoms with van der Waals surface area (Å²) in [6, 6.07) is 9.49. The van der Waals surface area contributed by atoms with Crippen LogP contribution in [0.15, 0.2) is 66.8 Å². The van der Waals surface area contributed by atoms with Gasteiger partial charge in [-0.25, -0.2) is 0 Å². The van der Waals surface area contributed by atoms with Crippen LogP contribution in [-0.2, 0) is 25.5 Å². The Balaban J connectivity index is 1.94. The zero-order chi connectivity index (χ0) is 27.1. The van der Waals surface area contributed by atoms with E-state index in [1.807, 2.05) is 37.3 Å². The van der Waals surface area contributed by atoms with Gasteiger partial charge in [0.1, 0.15) is 17.1 Å². The molecule has 1 aromatic carbocycles. The number of ether oxygens (including phenoxy) is 1. The molecule has 2 aliphatic carbocycles. The highest BCUT2D eigenvalue weighted by molar-refractivity contribution is 5.91. The van der Waals surface area contributed by atoms with Crippen LogP contribution in [0.2, 0.25) is 0 Å². The second-order valence-corrected chi connectivity index (χ2v) is 11.0. The molecule has 3 aliphatic rings. The number of Topliss-reactive ketones (excluding diaryl/α,β-unsaturated/α-hetero) is 1. The molecule has 1 spiro atoms. The van der Waals surface area contributed by atoms with E-state index in [1.54, 1.807) is 19.1 Å². The summed E-state index contributed by atoms with van der Waals surface area (Å²) >= 11 is 0. The first kappa shape index (κ1) is 27.0. The molecule has 1 saturated heterocycles. The molecule has 4 rings (SSSR count). The van der Waals surface area contributed by atoms with Gasteiger partial charge in [-0.2, -0.15) is 0 Å². The van der Waals surface area contributed by atoms with Crippen LogP contribution in [0, 0.1) is 29.1 Å². The van der Waals surface area contributed by atoms with Gasteiger partial charge in [0.25, 0.3) is 0 Å². The third kappa shape index (κ3) is 4.59. The molecule has 0 aromatic heterocycles. The minimum absolute atomic E-state index is 0.287. The van der Waals surface area contributed by atoms with Crippen molar-refractivity contribution in [1.82, 2.24) is 5.32 Å². The van der Waals surface area contributed by atoms with Crippen molar-refractivity contribution in [3.63, 3.8) is 0 Å². The molecule has 3 N–H and O–H groups in total. The Morgan fingerprint density at radius 2 is 1.86 bits per heavy atom. The SMILES string of the molecule is C=C1[C@@H](C)[C@H]2[C@H](Cc3ccccc3)NC(=O)[C@]23[C@@H](OC(C)=O)/C=C/[C@@](C)(O)C(=O)[C@H](C)C/C=C/[C@H]3[C@@H]1O. The van der Waals surface area contributed by atoms with E-state index < -0.39 is 46.9 Å². The second kappa shape index (κ2) is 10.0. The lowest BCUT2D eigenvalue weighted by Crippen LogP contribution is -2.60. The molecule has 1 heterocycles. The number of allylic oxidation sites excluding steroid dienone is 1. The minimum Gasteiger partial charge on any atom is -0.457 e. The zero-order valence-electron chi connectivity index (χ0n) is 21.9. The first-order valence-corrected chi connectivity index (χ1v) is 12.9. The van der Waals surface area contributed by atoms with Crippen LogP contribution in [0.4, 0.5) is 0 Å². The first-order valence-electron chi connectivity index (χ1n) is 12.9. The van der Waals surface area contributed by atoms with Gasteiger partial charge in [0.15, 0.2) is 5.78 Å². The summed E-state index contributed by atoms with van der Waals surface area (Å²) < 4.78 is 5.81. The Morgan fingerprint density at radius 3 is 2.51 bits per heavy atom. The molecule has 1 aromatic rings. The Labute approximate surface area is 218 Å². The second-order valence-electron chi connectivity index (χ2n) is 11.0. The summed E-state index contributed by atoms with van der Waals surface area (Å²) in [5, 5.41) is 25.7. The van der Waals surface area contributed by atoms with Gasteiger partial charge >= 0.3 is 5.97 Å². The highest BCUT2D eigenvalue weighted by Crippen LogP contribution is 2.58. The van der Waals surface area contributed by atoms with Crippen molar-refractivity contribution in [2.45, 2.75) is 64.4 Å². The van der Waals surface area contributed by atoms with Gasteiger partial charge in [0.05, 0.1) is 6.10 Å². The highest BCUT2D eigenvalue weighted by Gasteiger charge is 2.68. The summed E-state index contributed by atoms with van der Waals surface area (Å²) in [5.74, 6) is -3.26. The molecule has 37 heavy (non-hydrogen) atoms. The number of carbonyl (C=O) groups is 3. The maximum Gasteiger partial charge on any atom is 0.303 e. The minimum atomic E-state index is -1.82. The number of aliphatic hydroxyl groups excluding tert-OH is 1. The quantitative estimate of drug-likeness (QED) is 0.428. The first-order chi connectivity index (χ1) is 17.4. The van der Waals surface area contributed by atoms with E-state index in [-0.39, 0.29) is 23.7 Å². The fraction of sp³-hybridized carbons (Fsp3) is 0.500. The molecular formula is C30H37NO6. The van der Waals surface area contributed by atoms with E-state index in [0.29, 0.717) is 18.4 Å². The number of benzene rings is 1. The number of ketones is 1. The molecule has 1 amide bonds. The smallest absolute Gasteiger partial charge is 0.303 e. The maximum atomic E-state index is 14.2. The monoisotopic (exact) mass is 507 g/mol. The van der Waals surface area contributed by atoms with Gasteiger partial charge < -0.3 is 20.3 Å². The van der Waals surface area contributed by atoms with Crippen molar-refractivity contribution in [1.29, 1.82) is 0 Å². The number of nitrogens with one attached hydrogen (secondary N) is 1. The van der Waals surface area contributed by atoms with Gasteiger partial charge in [0, 0.05) is 30.7 Å². The number of hydrogen-bond donors (Lipinski definition) is 3. The number of carbonyl (C=O) groups excluding carboxylic acids is 3. The van der Waals surface area contributed by atoms with E-state index in [4.69, 9.17) is 4.74 Å². The fourth-order valence-electron chi connectivity index (χ4n) is 6.68. The van der Waals surface area contributed by atoms with Gasteiger partial charge in [-0.3, -0.25) is 14.4 Å². The van der Waals surface area contributed by atoms with Crippen LogP contribution in [-0.4, -0.2) is 51.7 Å². The summed E-state index contributed by atoms with van der Waals surface area (Å²) in [4.78, 5) is 39.5. The van der Waals surface area contributed by atoms with E-state index >= 15 is 0 Å². The standard InChI is InChI=1S/C30H37NO6/c1-17-10-9-13-22-26(33)19(3)18(2)25-23(16-21-11-7-6-8-12-21)31-28(35)30(22,25)24(37-20(4)32)14-15-29(5,36)27(17)34/h6-9,11-15,17-18,22-26,33,36H,3,10,16H2,1-2,4-5H3,(H,31,35)/b13-9+,15-14+/t17-,18-,22+,23+,24+,25+,26-,29-,30-/m1/s1. The van der Waals surface area contributed by atoms with E-state index in [1.165, 1.54) is 26.0 Å². The molecule has 1 aliphatic heterocycles. The third-order valence-electron chi connectivity index (χ3n) is 8.53. The third-order valence-corrected chi connectivity index (χ3v) is 8.53. The van der Waals surface area contributed by atoms with Crippen molar-refractivity contribution in [3.8, 4) is 0 Å².